The Morgan fingerprint density at radius 2 is 1.65 bits per heavy atom. The average molecular weight is 389 g/mol. The lowest BCUT2D eigenvalue weighted by molar-refractivity contribution is -0.137. The number of carbonyl (C=O) groups excluding carboxylic acids is 2. The molecule has 0 unspecified atom stereocenters. The van der Waals surface area contributed by atoms with E-state index in [1.54, 1.807) is 0 Å². The topological polar surface area (TPSA) is 58.2 Å². The summed E-state index contributed by atoms with van der Waals surface area (Å²) < 4.78 is 51.7. The monoisotopic (exact) mass is 388 g/mol. The first kappa shape index (κ1) is 19.7. The van der Waals surface area contributed by atoms with Crippen LogP contribution in [0.3, 0.4) is 0 Å². The van der Waals surface area contributed by atoms with Crippen molar-refractivity contribution in [2.45, 2.75) is 19.1 Å². The molecule has 0 aliphatic carbocycles. The highest BCUT2D eigenvalue weighted by molar-refractivity contribution is 6.30. The van der Waals surface area contributed by atoms with Crippen molar-refractivity contribution < 1.29 is 27.2 Å². The predicted octanol–water partition coefficient (Wildman–Crippen LogP) is 4.14. The number of alkyl halides is 3. The Labute approximate surface area is 151 Å². The van der Waals surface area contributed by atoms with Crippen molar-refractivity contribution in [1.29, 1.82) is 0 Å². The van der Waals surface area contributed by atoms with Gasteiger partial charge in [0, 0.05) is 11.6 Å². The highest BCUT2D eigenvalue weighted by Crippen LogP contribution is 2.36. The molecule has 0 fully saturated rings. The maximum absolute atomic E-state index is 13.0. The van der Waals surface area contributed by atoms with E-state index in [1.165, 1.54) is 30.3 Å². The number of carbonyl (C=O) groups is 2. The molecule has 2 amide bonds. The molecule has 0 aliphatic heterocycles. The van der Waals surface area contributed by atoms with Crippen molar-refractivity contribution in [2.24, 2.45) is 0 Å². The molecule has 0 bridgehead atoms. The molecule has 9 heteroatoms. The molecule has 2 rings (SSSR count). The molecule has 2 aromatic rings. The lowest BCUT2D eigenvalue weighted by Gasteiger charge is -2.14. The van der Waals surface area contributed by atoms with Gasteiger partial charge in [-0.15, -0.1) is 0 Å². The fourth-order valence-electron chi connectivity index (χ4n) is 2.07. The van der Waals surface area contributed by atoms with Crippen molar-refractivity contribution in [3.8, 4) is 0 Å². The van der Waals surface area contributed by atoms with Crippen LogP contribution in [0.4, 0.5) is 23.2 Å². The third kappa shape index (κ3) is 5.73. The summed E-state index contributed by atoms with van der Waals surface area (Å²) in [6, 6.07) is 8.24. The van der Waals surface area contributed by atoms with Crippen LogP contribution in [0.2, 0.25) is 5.02 Å². The summed E-state index contributed by atoms with van der Waals surface area (Å²) in [7, 11) is 0. The Morgan fingerprint density at radius 3 is 2.27 bits per heavy atom. The SMILES string of the molecule is O=C(CC(=O)Nc1ccc(Cl)cc1C(F)(F)F)NCc1ccc(F)cc1. The van der Waals surface area contributed by atoms with Gasteiger partial charge in [-0.05, 0) is 35.9 Å². The Morgan fingerprint density at radius 1 is 1.00 bits per heavy atom. The van der Waals surface area contributed by atoms with Gasteiger partial charge in [0.05, 0.1) is 11.3 Å². The lowest BCUT2D eigenvalue weighted by Crippen LogP contribution is -2.28. The third-order valence-corrected chi connectivity index (χ3v) is 3.52. The molecule has 138 valence electrons. The highest BCUT2D eigenvalue weighted by Gasteiger charge is 2.34. The van der Waals surface area contributed by atoms with Crippen molar-refractivity contribution in [2.75, 3.05) is 5.32 Å². The number of hydrogen-bond donors (Lipinski definition) is 2. The van der Waals surface area contributed by atoms with Crippen LogP contribution >= 0.6 is 11.6 Å². The van der Waals surface area contributed by atoms with Gasteiger partial charge >= 0.3 is 6.18 Å². The van der Waals surface area contributed by atoms with Gasteiger partial charge in [-0.2, -0.15) is 13.2 Å². The smallest absolute Gasteiger partial charge is 0.352 e. The zero-order chi connectivity index (χ0) is 19.3. The van der Waals surface area contributed by atoms with E-state index in [2.05, 4.69) is 10.6 Å². The predicted molar refractivity (Wildman–Crippen MR) is 87.9 cm³/mol. The number of halogens is 5. The molecule has 0 radical (unpaired) electrons. The van der Waals surface area contributed by atoms with E-state index in [9.17, 15) is 27.2 Å². The van der Waals surface area contributed by atoms with E-state index < -0.39 is 41.5 Å². The van der Waals surface area contributed by atoms with Gasteiger partial charge in [-0.1, -0.05) is 23.7 Å². The van der Waals surface area contributed by atoms with E-state index in [4.69, 9.17) is 11.6 Å². The van der Waals surface area contributed by atoms with Crippen LogP contribution in [0.1, 0.15) is 17.5 Å². The summed E-state index contributed by atoms with van der Waals surface area (Å²) in [5.74, 6) is -2.02. The number of benzene rings is 2. The first-order valence-corrected chi connectivity index (χ1v) is 7.70. The molecule has 0 aromatic heterocycles. The Bertz CT molecular complexity index is 807. The Hall–Kier alpha value is -2.61. The van der Waals surface area contributed by atoms with Gasteiger partial charge in [0.25, 0.3) is 0 Å². The molecule has 0 heterocycles. The maximum atomic E-state index is 13.0. The van der Waals surface area contributed by atoms with Crippen molar-refractivity contribution in [3.63, 3.8) is 0 Å². The van der Waals surface area contributed by atoms with Gasteiger partial charge in [-0.25, -0.2) is 4.39 Å². The van der Waals surface area contributed by atoms with Crippen LogP contribution in [-0.2, 0) is 22.3 Å². The molecule has 2 aromatic carbocycles. The number of hydrogen-bond acceptors (Lipinski definition) is 2. The minimum Gasteiger partial charge on any atom is -0.352 e. The summed E-state index contributed by atoms with van der Waals surface area (Å²) in [6.45, 7) is 0.0567. The molecule has 0 spiro atoms. The van der Waals surface area contributed by atoms with Crippen molar-refractivity contribution in [1.82, 2.24) is 5.32 Å². The van der Waals surface area contributed by atoms with Crippen molar-refractivity contribution in [3.05, 3.63) is 64.4 Å². The molecule has 0 aliphatic rings. The van der Waals surface area contributed by atoms with E-state index in [0.717, 1.165) is 6.07 Å². The van der Waals surface area contributed by atoms with Crippen LogP contribution in [0.25, 0.3) is 0 Å². The van der Waals surface area contributed by atoms with E-state index in [0.29, 0.717) is 11.6 Å². The number of amides is 2. The first-order valence-electron chi connectivity index (χ1n) is 7.33. The van der Waals surface area contributed by atoms with Crippen LogP contribution in [-0.4, -0.2) is 11.8 Å². The molecule has 0 atom stereocenters. The molecule has 4 nitrogen and oxygen atoms in total. The van der Waals surface area contributed by atoms with Gasteiger partial charge in [0.2, 0.25) is 11.8 Å². The Kier molecular flexibility index (Phi) is 6.20. The maximum Gasteiger partial charge on any atom is 0.418 e. The van der Waals surface area contributed by atoms with Gasteiger partial charge in [-0.3, -0.25) is 9.59 Å². The average Bonchev–Trinajstić information content (AvgIpc) is 2.55. The molecular weight excluding hydrogens is 376 g/mol. The number of rotatable bonds is 5. The van der Waals surface area contributed by atoms with Gasteiger partial charge < -0.3 is 10.6 Å². The summed E-state index contributed by atoms with van der Waals surface area (Å²) in [4.78, 5) is 23.6. The van der Waals surface area contributed by atoms with Gasteiger partial charge in [0.15, 0.2) is 0 Å². The Balaban J connectivity index is 1.94. The first-order chi connectivity index (χ1) is 12.1. The van der Waals surface area contributed by atoms with Crippen LogP contribution in [0.5, 0.6) is 0 Å². The minimum atomic E-state index is -4.71. The van der Waals surface area contributed by atoms with Crippen LogP contribution in [0, 0.1) is 5.82 Å². The summed E-state index contributed by atoms with van der Waals surface area (Å²) in [5, 5.41) is 4.34. The summed E-state index contributed by atoms with van der Waals surface area (Å²) >= 11 is 5.55. The standard InChI is InChI=1S/C17H13ClF4N2O2/c18-11-3-6-14(13(7-11)17(20,21)22)24-16(26)8-15(25)23-9-10-1-4-12(19)5-2-10/h1-7H,8-9H2,(H,23,25)(H,24,26). The second-order valence-corrected chi connectivity index (χ2v) is 5.75. The van der Waals surface area contributed by atoms with Crippen molar-refractivity contribution >= 4 is 29.1 Å². The molecule has 26 heavy (non-hydrogen) atoms. The third-order valence-electron chi connectivity index (χ3n) is 3.29. The lowest BCUT2D eigenvalue weighted by atomic mass is 10.1. The molecule has 0 saturated carbocycles. The molecule has 2 N–H and O–H groups in total. The van der Waals surface area contributed by atoms with Gasteiger partial charge in [0.1, 0.15) is 12.2 Å². The quantitative estimate of drug-likeness (QED) is 0.597. The zero-order valence-corrected chi connectivity index (χ0v) is 13.9. The molecular formula is C17H13ClF4N2O2. The van der Waals surface area contributed by atoms with E-state index >= 15 is 0 Å². The summed E-state index contributed by atoms with van der Waals surface area (Å²) in [6.07, 6.45) is -5.38. The largest absolute Gasteiger partial charge is 0.418 e. The zero-order valence-electron chi connectivity index (χ0n) is 13.2. The highest BCUT2D eigenvalue weighted by atomic mass is 35.5. The minimum absolute atomic E-state index is 0.0567. The fraction of sp³-hybridized carbons (Fsp3) is 0.176. The van der Waals surface area contributed by atoms with E-state index in [-0.39, 0.29) is 11.6 Å². The summed E-state index contributed by atoms with van der Waals surface area (Å²) in [5.41, 5.74) is -0.986. The molecule has 0 saturated heterocycles. The number of nitrogens with one attached hydrogen (secondary N) is 2. The van der Waals surface area contributed by atoms with Crippen LogP contribution < -0.4 is 10.6 Å². The second-order valence-electron chi connectivity index (χ2n) is 5.32. The second kappa shape index (κ2) is 8.18. The number of anilines is 1. The van der Waals surface area contributed by atoms with E-state index in [1.807, 2.05) is 0 Å². The van der Waals surface area contributed by atoms with Crippen LogP contribution in [0.15, 0.2) is 42.5 Å². The fourth-order valence-corrected chi connectivity index (χ4v) is 2.24. The normalized spacial score (nSPS) is 11.1.